The van der Waals surface area contributed by atoms with E-state index in [0.717, 1.165) is 27.1 Å². The fourth-order valence-electron chi connectivity index (χ4n) is 2.76. The van der Waals surface area contributed by atoms with Crippen molar-refractivity contribution in [3.05, 3.63) is 0 Å². The minimum Gasteiger partial charge on any atom is -0.468 e. The molecule has 0 aliphatic heterocycles. The Balaban J connectivity index is 2.99. The number of methoxy groups -OCH3 is 2. The van der Waals surface area contributed by atoms with Crippen molar-refractivity contribution in [1.29, 1.82) is 0 Å². The van der Waals surface area contributed by atoms with Crippen LogP contribution in [0.15, 0.2) is 0 Å². The molecule has 0 aromatic carbocycles. The molecule has 0 aromatic rings. The maximum absolute atomic E-state index is 12.2. The van der Waals surface area contributed by atoms with Crippen molar-refractivity contribution < 1.29 is 37.0 Å². The molecule has 0 saturated heterocycles. The lowest BCUT2D eigenvalue weighted by molar-refractivity contribution is -0.199. The molecule has 5 nitrogen and oxygen atoms in total. The average molecular weight is 312 g/mol. The van der Waals surface area contributed by atoms with Gasteiger partial charge in [0.25, 0.3) is 0 Å². The lowest BCUT2D eigenvalue weighted by atomic mass is 9.74. The van der Waals surface area contributed by atoms with Crippen molar-refractivity contribution >= 4 is 11.9 Å². The van der Waals surface area contributed by atoms with Gasteiger partial charge in [0.15, 0.2) is 5.41 Å². The van der Waals surface area contributed by atoms with Crippen LogP contribution in [0.5, 0.6) is 0 Å². The van der Waals surface area contributed by atoms with Gasteiger partial charge in [-0.15, -0.1) is 0 Å². The van der Waals surface area contributed by atoms with Crippen LogP contribution in [0, 0.1) is 11.3 Å². The third-order valence-electron chi connectivity index (χ3n) is 3.75. The second-order valence-electron chi connectivity index (χ2n) is 5.04. The number of halogens is 3. The Labute approximate surface area is 120 Å². The van der Waals surface area contributed by atoms with Crippen LogP contribution < -0.4 is 0 Å². The highest BCUT2D eigenvalue weighted by Crippen LogP contribution is 2.42. The van der Waals surface area contributed by atoms with Gasteiger partial charge in [0, 0.05) is 0 Å². The fraction of sp³-hybridized carbons (Fsp3) is 0.846. The first kappa shape index (κ1) is 17.7. The van der Waals surface area contributed by atoms with E-state index < -0.39 is 42.7 Å². The van der Waals surface area contributed by atoms with Crippen LogP contribution in [0.1, 0.15) is 25.7 Å². The summed E-state index contributed by atoms with van der Waals surface area (Å²) in [4.78, 5) is 24.2. The second kappa shape index (κ2) is 7.11. The van der Waals surface area contributed by atoms with Crippen molar-refractivity contribution in [2.45, 2.75) is 31.9 Å². The topological polar surface area (TPSA) is 61.8 Å². The number of rotatable bonds is 6. The van der Waals surface area contributed by atoms with Gasteiger partial charge in [0.2, 0.25) is 0 Å². The van der Waals surface area contributed by atoms with Gasteiger partial charge in [-0.25, -0.2) is 0 Å². The number of hydrogen-bond acceptors (Lipinski definition) is 5. The molecule has 122 valence electrons. The molecule has 0 N–H and O–H groups in total. The SMILES string of the molecule is COC(=O)C(COCC(F)(F)F)(C(=O)OC)C1CCCC1. The summed E-state index contributed by atoms with van der Waals surface area (Å²) < 4.78 is 50.5. The van der Waals surface area contributed by atoms with Crippen molar-refractivity contribution in [3.8, 4) is 0 Å². The average Bonchev–Trinajstić information content (AvgIpc) is 2.95. The fourth-order valence-corrected chi connectivity index (χ4v) is 2.76. The van der Waals surface area contributed by atoms with Gasteiger partial charge < -0.3 is 14.2 Å². The van der Waals surface area contributed by atoms with Crippen molar-refractivity contribution in [2.24, 2.45) is 11.3 Å². The van der Waals surface area contributed by atoms with E-state index in [1.54, 1.807) is 0 Å². The summed E-state index contributed by atoms with van der Waals surface area (Å²) in [5.41, 5.74) is -1.83. The molecule has 1 fully saturated rings. The van der Waals surface area contributed by atoms with Crippen LogP contribution in [0.4, 0.5) is 13.2 Å². The van der Waals surface area contributed by atoms with Crippen LogP contribution >= 0.6 is 0 Å². The summed E-state index contributed by atoms with van der Waals surface area (Å²) in [7, 11) is 2.16. The van der Waals surface area contributed by atoms with Crippen LogP contribution in [0.2, 0.25) is 0 Å². The highest BCUT2D eigenvalue weighted by Gasteiger charge is 2.55. The third kappa shape index (κ3) is 4.09. The van der Waals surface area contributed by atoms with E-state index in [4.69, 9.17) is 0 Å². The summed E-state index contributed by atoms with van der Waals surface area (Å²) in [6.45, 7) is -2.23. The van der Waals surface area contributed by atoms with E-state index in [9.17, 15) is 22.8 Å². The number of hydrogen-bond donors (Lipinski definition) is 0. The monoisotopic (exact) mass is 312 g/mol. The standard InChI is InChI=1S/C13H19F3O5/c1-19-10(17)12(11(18)20-2,9-5-3-4-6-9)7-21-8-13(14,15)16/h9H,3-8H2,1-2H3. The highest BCUT2D eigenvalue weighted by atomic mass is 19.4. The highest BCUT2D eigenvalue weighted by molar-refractivity contribution is 6.00. The zero-order valence-corrected chi connectivity index (χ0v) is 12.0. The Bertz CT molecular complexity index is 358. The van der Waals surface area contributed by atoms with Crippen molar-refractivity contribution in [2.75, 3.05) is 27.4 Å². The zero-order valence-electron chi connectivity index (χ0n) is 12.0. The number of esters is 2. The van der Waals surface area contributed by atoms with Crippen molar-refractivity contribution in [1.82, 2.24) is 0 Å². The summed E-state index contributed by atoms with van der Waals surface area (Å²) in [6, 6.07) is 0. The molecule has 0 spiro atoms. The quantitative estimate of drug-likeness (QED) is 0.555. The maximum Gasteiger partial charge on any atom is 0.411 e. The van der Waals surface area contributed by atoms with E-state index in [0.29, 0.717) is 12.8 Å². The minimum atomic E-state index is -4.53. The molecular weight excluding hydrogens is 293 g/mol. The van der Waals surface area contributed by atoms with Gasteiger partial charge >= 0.3 is 18.1 Å². The molecule has 21 heavy (non-hydrogen) atoms. The normalized spacial score (nSPS) is 16.8. The van der Waals surface area contributed by atoms with E-state index in [1.165, 1.54) is 0 Å². The predicted octanol–water partition coefficient (Wildman–Crippen LogP) is 2.09. The molecule has 1 rings (SSSR count). The minimum absolute atomic E-state index is 0.439. The molecule has 0 amide bonds. The second-order valence-corrected chi connectivity index (χ2v) is 5.04. The van der Waals surface area contributed by atoms with Crippen LogP contribution in [-0.4, -0.2) is 45.5 Å². The lowest BCUT2D eigenvalue weighted by Gasteiger charge is -2.33. The van der Waals surface area contributed by atoms with Crippen LogP contribution in [0.25, 0.3) is 0 Å². The van der Waals surface area contributed by atoms with E-state index >= 15 is 0 Å². The lowest BCUT2D eigenvalue weighted by Crippen LogP contribution is -2.50. The molecule has 8 heteroatoms. The van der Waals surface area contributed by atoms with Gasteiger partial charge in [-0.2, -0.15) is 13.2 Å². The Hall–Kier alpha value is -1.31. The Morgan fingerprint density at radius 1 is 1.00 bits per heavy atom. The Morgan fingerprint density at radius 3 is 1.86 bits per heavy atom. The van der Waals surface area contributed by atoms with Gasteiger partial charge in [0.05, 0.1) is 20.8 Å². The molecule has 1 aliphatic carbocycles. The van der Waals surface area contributed by atoms with Crippen LogP contribution in [0.3, 0.4) is 0 Å². The Kier molecular flexibility index (Phi) is 6.00. The third-order valence-corrected chi connectivity index (χ3v) is 3.75. The number of carbonyl (C=O) groups excluding carboxylic acids is 2. The molecule has 0 unspecified atom stereocenters. The van der Waals surface area contributed by atoms with Gasteiger partial charge in [-0.1, -0.05) is 12.8 Å². The summed E-state index contributed by atoms with van der Waals surface area (Å²) >= 11 is 0. The first-order chi connectivity index (χ1) is 9.78. The summed E-state index contributed by atoms with van der Waals surface area (Å²) in [6.07, 6.45) is -1.87. The summed E-state index contributed by atoms with van der Waals surface area (Å²) in [5.74, 6) is -2.27. The maximum atomic E-state index is 12.2. The van der Waals surface area contributed by atoms with Gasteiger partial charge in [-0.3, -0.25) is 9.59 Å². The van der Waals surface area contributed by atoms with E-state index in [-0.39, 0.29) is 0 Å². The molecule has 0 bridgehead atoms. The summed E-state index contributed by atoms with van der Waals surface area (Å²) in [5, 5.41) is 0. The molecule has 1 saturated carbocycles. The number of carbonyl (C=O) groups is 2. The molecule has 0 radical (unpaired) electrons. The molecule has 0 heterocycles. The first-order valence-electron chi connectivity index (χ1n) is 6.59. The molecular formula is C13H19F3O5. The van der Waals surface area contributed by atoms with E-state index in [2.05, 4.69) is 14.2 Å². The van der Waals surface area contributed by atoms with Crippen LogP contribution in [-0.2, 0) is 23.8 Å². The predicted molar refractivity (Wildman–Crippen MR) is 65.3 cm³/mol. The van der Waals surface area contributed by atoms with Gasteiger partial charge in [-0.05, 0) is 18.8 Å². The van der Waals surface area contributed by atoms with E-state index in [1.807, 2.05) is 0 Å². The van der Waals surface area contributed by atoms with Gasteiger partial charge in [0.1, 0.15) is 6.61 Å². The largest absolute Gasteiger partial charge is 0.468 e. The number of alkyl halides is 3. The number of ether oxygens (including phenoxy) is 3. The first-order valence-corrected chi connectivity index (χ1v) is 6.59. The van der Waals surface area contributed by atoms with Crippen molar-refractivity contribution in [3.63, 3.8) is 0 Å². The molecule has 0 aromatic heterocycles. The Morgan fingerprint density at radius 2 is 1.48 bits per heavy atom. The smallest absolute Gasteiger partial charge is 0.411 e. The zero-order chi connectivity index (χ0) is 16.1. The molecule has 1 aliphatic rings. The molecule has 0 atom stereocenters.